The van der Waals surface area contributed by atoms with Crippen molar-refractivity contribution in [3.8, 4) is 0 Å². The van der Waals surface area contributed by atoms with E-state index in [0.717, 1.165) is 12.8 Å². The van der Waals surface area contributed by atoms with E-state index in [0.29, 0.717) is 12.5 Å². The molecule has 0 bridgehead atoms. The second-order valence-electron chi connectivity index (χ2n) is 3.42. The molecule has 1 aliphatic rings. The second kappa shape index (κ2) is 4.50. The maximum atomic E-state index is 12.0. The molecule has 0 heterocycles. The Balaban J connectivity index is 2.27. The van der Waals surface area contributed by atoms with Crippen LogP contribution in [0.3, 0.4) is 0 Å². The summed E-state index contributed by atoms with van der Waals surface area (Å²) in [6.07, 6.45) is -0.364. The normalized spacial score (nSPS) is 16.9. The molecule has 0 aromatic heterocycles. The molecule has 0 unspecified atom stereocenters. The predicted molar refractivity (Wildman–Crippen MR) is 42.8 cm³/mol. The fourth-order valence-corrected chi connectivity index (χ4v) is 1.26. The fourth-order valence-electron chi connectivity index (χ4n) is 1.26. The maximum absolute atomic E-state index is 12.0. The van der Waals surface area contributed by atoms with Gasteiger partial charge in [-0.05, 0) is 18.8 Å². The molecule has 5 heteroatoms. The number of rotatable bonds is 6. The largest absolute Gasteiger partial charge is 0.480 e. The Labute approximate surface area is 75.3 Å². The van der Waals surface area contributed by atoms with Crippen molar-refractivity contribution in [2.24, 2.45) is 5.92 Å². The number of carboxylic acid groups (broad SMARTS) is 1. The summed E-state index contributed by atoms with van der Waals surface area (Å²) in [5.41, 5.74) is 0. The van der Waals surface area contributed by atoms with E-state index >= 15 is 0 Å². The highest BCUT2D eigenvalue weighted by Gasteiger charge is 2.26. The summed E-state index contributed by atoms with van der Waals surface area (Å²) in [5.74, 6) is -0.598. The topological polar surface area (TPSA) is 40.5 Å². The lowest BCUT2D eigenvalue weighted by Gasteiger charge is -2.18. The number of aliphatic carboxylic acids is 1. The van der Waals surface area contributed by atoms with Crippen LogP contribution in [0.25, 0.3) is 0 Å². The summed E-state index contributed by atoms with van der Waals surface area (Å²) < 4.78 is 23.9. The van der Waals surface area contributed by atoms with E-state index in [4.69, 9.17) is 5.11 Å². The van der Waals surface area contributed by atoms with Gasteiger partial charge >= 0.3 is 5.97 Å². The van der Waals surface area contributed by atoms with Gasteiger partial charge in [-0.25, -0.2) is 8.78 Å². The number of halogens is 2. The first kappa shape index (κ1) is 10.4. The summed E-state index contributed by atoms with van der Waals surface area (Å²) in [6, 6.07) is 0. The minimum absolute atomic E-state index is 0.277. The molecule has 0 aromatic carbocycles. The van der Waals surface area contributed by atoms with Crippen LogP contribution in [0.1, 0.15) is 12.8 Å². The SMILES string of the molecule is O=C(O)CN(CC(F)F)CC1CC1. The van der Waals surface area contributed by atoms with E-state index in [1.54, 1.807) is 0 Å². The van der Waals surface area contributed by atoms with Gasteiger partial charge in [0.2, 0.25) is 0 Å². The Morgan fingerprint density at radius 3 is 2.54 bits per heavy atom. The number of carboxylic acids is 1. The molecule has 1 rings (SSSR count). The molecule has 0 aromatic rings. The average Bonchev–Trinajstić information content (AvgIpc) is 2.67. The van der Waals surface area contributed by atoms with Crippen molar-refractivity contribution in [1.29, 1.82) is 0 Å². The standard InChI is InChI=1S/C8H13F2NO2/c9-7(10)4-11(5-8(12)13)3-6-1-2-6/h6-7H,1-5H2,(H,12,13). The lowest BCUT2D eigenvalue weighted by molar-refractivity contribution is -0.138. The predicted octanol–water partition coefficient (Wildman–Crippen LogP) is 1.05. The lowest BCUT2D eigenvalue weighted by Crippen LogP contribution is -2.35. The lowest BCUT2D eigenvalue weighted by atomic mass is 10.3. The third-order valence-corrected chi connectivity index (χ3v) is 1.97. The third-order valence-electron chi connectivity index (χ3n) is 1.97. The van der Waals surface area contributed by atoms with Gasteiger partial charge in [0.15, 0.2) is 0 Å². The molecule has 0 atom stereocenters. The first-order valence-electron chi connectivity index (χ1n) is 4.30. The Morgan fingerprint density at radius 1 is 1.54 bits per heavy atom. The highest BCUT2D eigenvalue weighted by molar-refractivity contribution is 5.69. The van der Waals surface area contributed by atoms with Crippen molar-refractivity contribution >= 4 is 5.97 Å². The number of hydrogen-bond acceptors (Lipinski definition) is 2. The molecule has 1 saturated carbocycles. The van der Waals surface area contributed by atoms with Crippen LogP contribution in [0.4, 0.5) is 8.78 Å². The van der Waals surface area contributed by atoms with Crippen LogP contribution in [0, 0.1) is 5.92 Å². The Morgan fingerprint density at radius 2 is 2.15 bits per heavy atom. The smallest absolute Gasteiger partial charge is 0.317 e. The maximum Gasteiger partial charge on any atom is 0.317 e. The Kier molecular flexibility index (Phi) is 3.59. The quantitative estimate of drug-likeness (QED) is 0.685. The van der Waals surface area contributed by atoms with Gasteiger partial charge in [-0.2, -0.15) is 0 Å². The minimum atomic E-state index is -2.45. The van der Waals surface area contributed by atoms with E-state index < -0.39 is 18.9 Å². The van der Waals surface area contributed by atoms with Gasteiger partial charge in [0.05, 0.1) is 13.1 Å². The van der Waals surface area contributed by atoms with Crippen LogP contribution in [-0.2, 0) is 4.79 Å². The van der Waals surface area contributed by atoms with Crippen LogP contribution in [0.5, 0.6) is 0 Å². The van der Waals surface area contributed by atoms with Crippen LogP contribution in [-0.4, -0.2) is 42.0 Å². The van der Waals surface area contributed by atoms with E-state index in [1.807, 2.05) is 0 Å². The summed E-state index contributed by atoms with van der Waals surface area (Å²) in [6.45, 7) is -0.208. The highest BCUT2D eigenvalue weighted by atomic mass is 19.3. The molecule has 76 valence electrons. The van der Waals surface area contributed by atoms with Crippen molar-refractivity contribution in [2.45, 2.75) is 19.3 Å². The number of carbonyl (C=O) groups is 1. The molecule has 1 N–H and O–H groups in total. The van der Waals surface area contributed by atoms with Crippen molar-refractivity contribution < 1.29 is 18.7 Å². The molecule has 0 radical (unpaired) electrons. The first-order valence-corrected chi connectivity index (χ1v) is 4.30. The number of hydrogen-bond donors (Lipinski definition) is 1. The van der Waals surface area contributed by atoms with Gasteiger partial charge in [-0.1, -0.05) is 0 Å². The van der Waals surface area contributed by atoms with Gasteiger partial charge in [0.1, 0.15) is 0 Å². The fraction of sp³-hybridized carbons (Fsp3) is 0.875. The molecule has 0 spiro atoms. The highest BCUT2D eigenvalue weighted by Crippen LogP contribution is 2.29. The van der Waals surface area contributed by atoms with Crippen molar-refractivity contribution in [2.75, 3.05) is 19.6 Å². The molecular formula is C8H13F2NO2. The minimum Gasteiger partial charge on any atom is -0.480 e. The molecule has 13 heavy (non-hydrogen) atoms. The molecular weight excluding hydrogens is 180 g/mol. The molecule has 1 fully saturated rings. The summed E-state index contributed by atoms with van der Waals surface area (Å²) >= 11 is 0. The summed E-state index contributed by atoms with van der Waals surface area (Å²) in [5, 5.41) is 8.44. The summed E-state index contributed by atoms with van der Waals surface area (Å²) in [4.78, 5) is 11.6. The number of nitrogens with zero attached hydrogens (tertiary/aromatic N) is 1. The average molecular weight is 193 g/mol. The van der Waals surface area contributed by atoms with Gasteiger partial charge in [0, 0.05) is 6.54 Å². The molecule has 0 saturated heterocycles. The van der Waals surface area contributed by atoms with E-state index in [1.165, 1.54) is 4.90 Å². The summed E-state index contributed by atoms with van der Waals surface area (Å²) in [7, 11) is 0. The molecule has 0 amide bonds. The molecule has 0 aliphatic heterocycles. The van der Waals surface area contributed by atoms with Gasteiger partial charge in [-0.3, -0.25) is 9.69 Å². The van der Waals surface area contributed by atoms with Crippen molar-refractivity contribution in [3.05, 3.63) is 0 Å². The van der Waals surface area contributed by atoms with E-state index in [2.05, 4.69) is 0 Å². The Bertz CT molecular complexity index is 179. The second-order valence-corrected chi connectivity index (χ2v) is 3.42. The van der Waals surface area contributed by atoms with Crippen molar-refractivity contribution in [1.82, 2.24) is 4.90 Å². The van der Waals surface area contributed by atoms with E-state index in [-0.39, 0.29) is 6.54 Å². The van der Waals surface area contributed by atoms with Crippen molar-refractivity contribution in [3.63, 3.8) is 0 Å². The zero-order valence-corrected chi connectivity index (χ0v) is 7.25. The van der Waals surface area contributed by atoms with Crippen LogP contribution < -0.4 is 0 Å². The van der Waals surface area contributed by atoms with Gasteiger partial charge < -0.3 is 5.11 Å². The molecule has 1 aliphatic carbocycles. The van der Waals surface area contributed by atoms with Gasteiger partial charge in [0.25, 0.3) is 6.43 Å². The van der Waals surface area contributed by atoms with Crippen LogP contribution >= 0.6 is 0 Å². The zero-order chi connectivity index (χ0) is 9.84. The van der Waals surface area contributed by atoms with Crippen LogP contribution in [0.15, 0.2) is 0 Å². The van der Waals surface area contributed by atoms with Crippen LogP contribution in [0.2, 0.25) is 0 Å². The molecule has 3 nitrogen and oxygen atoms in total. The number of alkyl halides is 2. The third kappa shape index (κ3) is 4.77. The zero-order valence-electron chi connectivity index (χ0n) is 7.25. The van der Waals surface area contributed by atoms with E-state index in [9.17, 15) is 13.6 Å². The monoisotopic (exact) mass is 193 g/mol. The first-order chi connectivity index (χ1) is 6.08. The Hall–Kier alpha value is -0.710. The van der Waals surface area contributed by atoms with Gasteiger partial charge in [-0.15, -0.1) is 0 Å².